The van der Waals surface area contributed by atoms with Gasteiger partial charge in [-0.05, 0) is 19.1 Å². The Morgan fingerprint density at radius 1 is 1.37 bits per heavy atom. The van der Waals surface area contributed by atoms with Gasteiger partial charge in [0.1, 0.15) is 5.65 Å². The number of fused-ring (bicyclic) bond motifs is 1. The molecule has 1 atom stereocenters. The number of nitrogens with zero attached hydrogens (tertiary/aromatic N) is 3. The number of imidazole rings is 1. The van der Waals surface area contributed by atoms with Gasteiger partial charge in [0.2, 0.25) is 0 Å². The summed E-state index contributed by atoms with van der Waals surface area (Å²) >= 11 is 2.02. The minimum Gasteiger partial charge on any atom is -0.353 e. The van der Waals surface area contributed by atoms with Crippen LogP contribution < -0.4 is 10.6 Å². The molecule has 0 radical (unpaired) electrons. The molecular formula is C14H20N4S. The summed E-state index contributed by atoms with van der Waals surface area (Å²) < 4.78 is 2.18. The largest absolute Gasteiger partial charge is 0.353 e. The van der Waals surface area contributed by atoms with Crippen molar-refractivity contribution in [3.8, 4) is 0 Å². The minimum absolute atomic E-state index is 0.151. The van der Waals surface area contributed by atoms with Crippen molar-refractivity contribution < 1.29 is 0 Å². The summed E-state index contributed by atoms with van der Waals surface area (Å²) in [7, 11) is 0. The van der Waals surface area contributed by atoms with Gasteiger partial charge in [0.25, 0.3) is 0 Å². The molecular weight excluding hydrogens is 256 g/mol. The Balaban J connectivity index is 2.05. The maximum atomic E-state index is 6.01. The van der Waals surface area contributed by atoms with Crippen molar-refractivity contribution >= 4 is 23.2 Å². The highest BCUT2D eigenvalue weighted by molar-refractivity contribution is 7.99. The normalized spacial score (nSPS) is 17.9. The lowest BCUT2D eigenvalue weighted by Crippen LogP contribution is -2.34. The number of nitrogens with two attached hydrogens (primary N) is 1. The van der Waals surface area contributed by atoms with Crippen LogP contribution in [0.25, 0.3) is 5.65 Å². The zero-order valence-corrected chi connectivity index (χ0v) is 12.1. The molecule has 102 valence electrons. The second-order valence-electron chi connectivity index (χ2n) is 5.09. The highest BCUT2D eigenvalue weighted by atomic mass is 32.2. The van der Waals surface area contributed by atoms with E-state index < -0.39 is 0 Å². The Kier molecular flexibility index (Phi) is 3.66. The topological polar surface area (TPSA) is 46.6 Å². The van der Waals surface area contributed by atoms with E-state index in [1.165, 1.54) is 17.2 Å². The third kappa shape index (κ3) is 2.58. The fourth-order valence-electron chi connectivity index (χ4n) is 2.56. The van der Waals surface area contributed by atoms with Gasteiger partial charge in [-0.3, -0.25) is 0 Å². The summed E-state index contributed by atoms with van der Waals surface area (Å²) in [6, 6.07) is 6.30. The van der Waals surface area contributed by atoms with Crippen LogP contribution >= 0.6 is 11.8 Å². The SMILES string of the molecule is CC(N)Cc1c(N2CCSCC2)nc2ccccn12. The Labute approximate surface area is 118 Å². The summed E-state index contributed by atoms with van der Waals surface area (Å²) in [6.45, 7) is 4.22. The molecule has 2 aromatic heterocycles. The standard InChI is InChI=1S/C14H20N4S/c1-11(15)10-12-14(17-6-8-19-9-7-17)16-13-4-2-3-5-18(12)13/h2-5,11H,6-10,15H2,1H3. The highest BCUT2D eigenvalue weighted by Crippen LogP contribution is 2.25. The molecule has 0 amide bonds. The van der Waals surface area contributed by atoms with Crippen LogP contribution in [0.15, 0.2) is 24.4 Å². The molecule has 5 heteroatoms. The average Bonchev–Trinajstić information content (AvgIpc) is 2.78. The Morgan fingerprint density at radius 2 is 2.16 bits per heavy atom. The van der Waals surface area contributed by atoms with Crippen molar-refractivity contribution in [2.45, 2.75) is 19.4 Å². The predicted molar refractivity (Wildman–Crippen MR) is 82.1 cm³/mol. The van der Waals surface area contributed by atoms with E-state index in [-0.39, 0.29) is 6.04 Å². The lowest BCUT2D eigenvalue weighted by molar-refractivity contribution is 0.710. The molecule has 0 aromatic carbocycles. The smallest absolute Gasteiger partial charge is 0.151 e. The third-order valence-corrected chi connectivity index (χ3v) is 4.38. The predicted octanol–water partition coefficient (Wildman–Crippen LogP) is 1.78. The van der Waals surface area contributed by atoms with Crippen molar-refractivity contribution in [1.82, 2.24) is 9.38 Å². The molecule has 1 aliphatic rings. The number of aromatic nitrogens is 2. The molecule has 1 saturated heterocycles. The van der Waals surface area contributed by atoms with Gasteiger partial charge >= 0.3 is 0 Å². The van der Waals surface area contributed by atoms with Crippen molar-refractivity contribution in [3.63, 3.8) is 0 Å². The van der Waals surface area contributed by atoms with Crippen molar-refractivity contribution in [1.29, 1.82) is 0 Å². The van der Waals surface area contributed by atoms with Gasteiger partial charge in [0.15, 0.2) is 5.82 Å². The first-order valence-electron chi connectivity index (χ1n) is 6.80. The Morgan fingerprint density at radius 3 is 2.89 bits per heavy atom. The fourth-order valence-corrected chi connectivity index (χ4v) is 3.46. The second-order valence-corrected chi connectivity index (χ2v) is 6.32. The van der Waals surface area contributed by atoms with E-state index in [0.29, 0.717) is 0 Å². The van der Waals surface area contributed by atoms with Crippen LogP contribution in [0.2, 0.25) is 0 Å². The summed E-state index contributed by atoms with van der Waals surface area (Å²) in [4.78, 5) is 7.22. The quantitative estimate of drug-likeness (QED) is 0.928. The van der Waals surface area contributed by atoms with Crippen molar-refractivity contribution in [3.05, 3.63) is 30.1 Å². The minimum atomic E-state index is 0.151. The molecule has 2 aromatic rings. The Hall–Kier alpha value is -1.20. The Bertz CT molecular complexity index is 558. The zero-order valence-electron chi connectivity index (χ0n) is 11.2. The number of hydrogen-bond acceptors (Lipinski definition) is 4. The van der Waals surface area contributed by atoms with Gasteiger partial charge in [-0.15, -0.1) is 0 Å². The molecule has 3 rings (SSSR count). The number of pyridine rings is 1. The van der Waals surface area contributed by atoms with E-state index in [0.717, 1.165) is 31.0 Å². The monoisotopic (exact) mass is 276 g/mol. The molecule has 3 heterocycles. The van der Waals surface area contributed by atoms with Crippen LogP contribution in [-0.2, 0) is 6.42 Å². The van der Waals surface area contributed by atoms with E-state index in [1.54, 1.807) is 0 Å². The van der Waals surface area contributed by atoms with Gasteiger partial charge in [0, 0.05) is 43.3 Å². The summed E-state index contributed by atoms with van der Waals surface area (Å²) in [6.07, 6.45) is 2.95. The van der Waals surface area contributed by atoms with Crippen LogP contribution in [0.1, 0.15) is 12.6 Å². The van der Waals surface area contributed by atoms with Gasteiger partial charge in [-0.25, -0.2) is 4.98 Å². The highest BCUT2D eigenvalue weighted by Gasteiger charge is 2.20. The van der Waals surface area contributed by atoms with E-state index in [9.17, 15) is 0 Å². The summed E-state index contributed by atoms with van der Waals surface area (Å²) in [5.41, 5.74) is 8.28. The van der Waals surface area contributed by atoms with E-state index in [4.69, 9.17) is 10.7 Å². The number of anilines is 1. The lowest BCUT2D eigenvalue weighted by Gasteiger charge is -2.27. The molecule has 1 fully saturated rings. The van der Waals surface area contributed by atoms with E-state index in [2.05, 4.69) is 34.6 Å². The fraction of sp³-hybridized carbons (Fsp3) is 0.500. The summed E-state index contributed by atoms with van der Waals surface area (Å²) in [5.74, 6) is 3.50. The van der Waals surface area contributed by atoms with Crippen LogP contribution in [0.4, 0.5) is 5.82 Å². The summed E-state index contributed by atoms with van der Waals surface area (Å²) in [5, 5.41) is 0. The number of thioether (sulfide) groups is 1. The van der Waals surface area contributed by atoms with Crippen molar-refractivity contribution in [2.24, 2.45) is 5.73 Å². The average molecular weight is 276 g/mol. The first kappa shape index (κ1) is 12.8. The molecule has 0 spiro atoms. The van der Waals surface area contributed by atoms with Gasteiger partial charge in [-0.1, -0.05) is 6.07 Å². The molecule has 0 saturated carbocycles. The number of hydrogen-bond donors (Lipinski definition) is 1. The van der Waals surface area contributed by atoms with Crippen LogP contribution in [0.5, 0.6) is 0 Å². The second kappa shape index (κ2) is 5.43. The van der Waals surface area contributed by atoms with E-state index >= 15 is 0 Å². The maximum absolute atomic E-state index is 6.01. The number of rotatable bonds is 3. The van der Waals surface area contributed by atoms with Crippen molar-refractivity contribution in [2.75, 3.05) is 29.5 Å². The maximum Gasteiger partial charge on any atom is 0.151 e. The van der Waals surface area contributed by atoms with Gasteiger partial charge in [-0.2, -0.15) is 11.8 Å². The molecule has 2 N–H and O–H groups in total. The molecule has 0 bridgehead atoms. The molecule has 1 unspecified atom stereocenters. The first-order chi connectivity index (χ1) is 9.25. The van der Waals surface area contributed by atoms with Crippen LogP contribution in [0.3, 0.4) is 0 Å². The van der Waals surface area contributed by atoms with E-state index in [1.807, 2.05) is 17.8 Å². The van der Waals surface area contributed by atoms with Crippen LogP contribution in [0, 0.1) is 0 Å². The molecule has 4 nitrogen and oxygen atoms in total. The van der Waals surface area contributed by atoms with Crippen LogP contribution in [-0.4, -0.2) is 40.0 Å². The first-order valence-corrected chi connectivity index (χ1v) is 7.95. The third-order valence-electron chi connectivity index (χ3n) is 3.43. The molecule has 19 heavy (non-hydrogen) atoms. The zero-order chi connectivity index (χ0) is 13.2. The van der Waals surface area contributed by atoms with Gasteiger partial charge < -0.3 is 15.0 Å². The molecule has 0 aliphatic carbocycles. The lowest BCUT2D eigenvalue weighted by atomic mass is 10.2. The van der Waals surface area contributed by atoms with Gasteiger partial charge in [0.05, 0.1) is 5.69 Å². The molecule has 1 aliphatic heterocycles.